The van der Waals surface area contributed by atoms with Crippen molar-refractivity contribution in [2.24, 2.45) is 0 Å². The Morgan fingerprint density at radius 1 is 1.10 bits per heavy atom. The van der Waals surface area contributed by atoms with Crippen LogP contribution in [0.2, 0.25) is 0 Å². The number of phenolic OH excluding ortho intramolecular Hbond substituents is 1. The van der Waals surface area contributed by atoms with Crippen LogP contribution in [0.25, 0.3) is 0 Å². The number of aliphatic hydroxyl groups excluding tert-OH is 1. The Morgan fingerprint density at radius 2 is 1.90 bits per heavy atom. The van der Waals surface area contributed by atoms with Crippen molar-refractivity contribution in [2.75, 3.05) is 39.4 Å². The van der Waals surface area contributed by atoms with E-state index >= 15 is 0 Å². The Balaban J connectivity index is 1.60. The van der Waals surface area contributed by atoms with Crippen molar-refractivity contribution in [1.82, 2.24) is 9.80 Å². The van der Waals surface area contributed by atoms with E-state index in [1.54, 1.807) is 18.2 Å². The zero-order valence-corrected chi connectivity index (χ0v) is 16.5. The molecule has 2 aliphatic heterocycles. The molecule has 1 amide bonds. The number of rotatable bonds is 7. The summed E-state index contributed by atoms with van der Waals surface area (Å²) in [5.41, 5.74) is 0.514. The molecule has 2 aromatic rings. The van der Waals surface area contributed by atoms with E-state index in [0.29, 0.717) is 31.7 Å². The quantitative estimate of drug-likeness (QED) is 0.673. The molecule has 0 aliphatic carbocycles. The highest BCUT2D eigenvalue weighted by Gasteiger charge is 2.44. The number of morpholine rings is 1. The van der Waals surface area contributed by atoms with E-state index in [9.17, 15) is 19.8 Å². The first-order chi connectivity index (χ1) is 14.6. The number of amides is 1. The van der Waals surface area contributed by atoms with Gasteiger partial charge in [-0.15, -0.1) is 0 Å². The highest BCUT2D eigenvalue weighted by atomic mass is 16.5. The van der Waals surface area contributed by atoms with E-state index in [-0.39, 0.29) is 17.1 Å². The van der Waals surface area contributed by atoms with Crippen molar-refractivity contribution >= 4 is 11.7 Å². The fraction of sp³-hybridized carbons (Fsp3) is 0.364. The largest absolute Gasteiger partial charge is 0.508 e. The molecule has 1 aromatic carbocycles. The Kier molecular flexibility index (Phi) is 5.87. The van der Waals surface area contributed by atoms with Gasteiger partial charge in [-0.05, 0) is 36.2 Å². The Bertz CT molecular complexity index is 946. The third-order valence-electron chi connectivity index (χ3n) is 5.46. The molecule has 0 saturated carbocycles. The van der Waals surface area contributed by atoms with Gasteiger partial charge in [-0.2, -0.15) is 0 Å². The summed E-state index contributed by atoms with van der Waals surface area (Å²) in [6.45, 7) is 4.21. The van der Waals surface area contributed by atoms with Gasteiger partial charge in [-0.25, -0.2) is 0 Å². The van der Waals surface area contributed by atoms with E-state index in [0.717, 1.165) is 19.6 Å². The number of aliphatic hydroxyl groups is 1. The molecule has 8 heteroatoms. The molecule has 8 nitrogen and oxygen atoms in total. The number of aromatic hydroxyl groups is 1. The van der Waals surface area contributed by atoms with E-state index in [2.05, 4.69) is 4.90 Å². The second-order valence-corrected chi connectivity index (χ2v) is 7.37. The van der Waals surface area contributed by atoms with Crippen LogP contribution < -0.4 is 0 Å². The summed E-state index contributed by atoms with van der Waals surface area (Å²) in [4.78, 5) is 29.7. The molecule has 1 fully saturated rings. The van der Waals surface area contributed by atoms with Gasteiger partial charge in [-0.1, -0.05) is 12.1 Å². The van der Waals surface area contributed by atoms with Crippen molar-refractivity contribution in [3.05, 3.63) is 65.3 Å². The molecular weight excluding hydrogens is 388 g/mol. The standard InChI is InChI=1S/C22H24N2O6/c25-16-5-1-4-15(14-16)19-18(20(26)17-6-2-11-30-17)21(27)22(28)24(19)8-3-7-23-9-12-29-13-10-23/h1-2,4-6,11,14,19,25,27H,3,7-10,12-13H2/t19-/m1/s1. The molecule has 0 spiro atoms. The van der Waals surface area contributed by atoms with Crippen LogP contribution in [0.15, 0.2) is 58.4 Å². The van der Waals surface area contributed by atoms with Gasteiger partial charge in [0.2, 0.25) is 5.78 Å². The average molecular weight is 412 g/mol. The van der Waals surface area contributed by atoms with Crippen molar-refractivity contribution in [1.29, 1.82) is 0 Å². The first-order valence-corrected chi connectivity index (χ1v) is 9.97. The van der Waals surface area contributed by atoms with E-state index in [1.807, 2.05) is 0 Å². The predicted molar refractivity (Wildman–Crippen MR) is 107 cm³/mol. The number of furan rings is 1. The first kappa shape index (κ1) is 20.2. The third kappa shape index (κ3) is 3.96. The molecule has 2 aliphatic rings. The Morgan fingerprint density at radius 3 is 2.60 bits per heavy atom. The number of carbonyl (C=O) groups is 2. The van der Waals surface area contributed by atoms with Crippen LogP contribution in [0, 0.1) is 0 Å². The summed E-state index contributed by atoms with van der Waals surface area (Å²) < 4.78 is 10.6. The highest BCUT2D eigenvalue weighted by Crippen LogP contribution is 2.39. The summed E-state index contributed by atoms with van der Waals surface area (Å²) in [5, 5.41) is 20.5. The number of ether oxygens (including phenoxy) is 1. The van der Waals surface area contributed by atoms with Crippen LogP contribution in [0.1, 0.15) is 28.6 Å². The highest BCUT2D eigenvalue weighted by molar-refractivity contribution is 6.15. The van der Waals surface area contributed by atoms with E-state index in [4.69, 9.17) is 9.15 Å². The number of Topliss-reactive ketones (excluding diaryl/α,β-unsaturated/α-hetero) is 1. The smallest absolute Gasteiger partial charge is 0.290 e. The lowest BCUT2D eigenvalue weighted by Crippen LogP contribution is -2.39. The van der Waals surface area contributed by atoms with Gasteiger partial charge in [0, 0.05) is 26.2 Å². The number of nitrogens with zero attached hydrogens (tertiary/aromatic N) is 2. The molecule has 3 heterocycles. The number of phenols is 1. The maximum Gasteiger partial charge on any atom is 0.290 e. The lowest BCUT2D eigenvalue weighted by atomic mass is 9.95. The lowest BCUT2D eigenvalue weighted by Gasteiger charge is -2.30. The predicted octanol–water partition coefficient (Wildman–Crippen LogP) is 2.29. The molecule has 1 aromatic heterocycles. The molecular formula is C22H24N2O6. The maximum absolute atomic E-state index is 13.0. The fourth-order valence-electron chi connectivity index (χ4n) is 3.99. The van der Waals surface area contributed by atoms with Crippen molar-refractivity contribution in [2.45, 2.75) is 12.5 Å². The Labute approximate surface area is 174 Å². The lowest BCUT2D eigenvalue weighted by molar-refractivity contribution is -0.129. The normalized spacial score (nSPS) is 20.2. The minimum absolute atomic E-state index is 0.0180. The second-order valence-electron chi connectivity index (χ2n) is 7.37. The summed E-state index contributed by atoms with van der Waals surface area (Å²) in [7, 11) is 0. The third-order valence-corrected chi connectivity index (χ3v) is 5.46. The number of hydrogen-bond donors (Lipinski definition) is 2. The van der Waals surface area contributed by atoms with Gasteiger partial charge < -0.3 is 24.3 Å². The monoisotopic (exact) mass is 412 g/mol. The van der Waals surface area contributed by atoms with Crippen LogP contribution >= 0.6 is 0 Å². The van der Waals surface area contributed by atoms with Gasteiger partial charge in [0.25, 0.3) is 5.91 Å². The second kappa shape index (κ2) is 8.73. The number of hydrogen-bond acceptors (Lipinski definition) is 7. The van der Waals surface area contributed by atoms with Crippen molar-refractivity contribution in [3.63, 3.8) is 0 Å². The minimum Gasteiger partial charge on any atom is -0.508 e. The maximum atomic E-state index is 13.0. The van der Waals surface area contributed by atoms with Gasteiger partial charge in [-0.3, -0.25) is 14.5 Å². The van der Waals surface area contributed by atoms with E-state index in [1.165, 1.54) is 29.4 Å². The SMILES string of the molecule is O=C(C1=C(O)C(=O)N(CCCN2CCOCC2)[C@@H]1c1cccc(O)c1)c1ccco1. The van der Waals surface area contributed by atoms with Crippen LogP contribution in [0.3, 0.4) is 0 Å². The van der Waals surface area contributed by atoms with E-state index < -0.39 is 23.5 Å². The molecule has 158 valence electrons. The number of ketones is 1. The van der Waals surface area contributed by atoms with Gasteiger partial charge in [0.05, 0.1) is 31.1 Å². The molecule has 30 heavy (non-hydrogen) atoms. The molecule has 4 rings (SSSR count). The minimum atomic E-state index is -0.799. The topological polar surface area (TPSA) is 103 Å². The summed E-state index contributed by atoms with van der Waals surface area (Å²) in [6.07, 6.45) is 2.04. The van der Waals surface area contributed by atoms with Gasteiger partial charge >= 0.3 is 0 Å². The van der Waals surface area contributed by atoms with Gasteiger partial charge in [0.1, 0.15) is 5.75 Å². The fourth-order valence-corrected chi connectivity index (χ4v) is 3.99. The van der Waals surface area contributed by atoms with Gasteiger partial charge in [0.15, 0.2) is 11.5 Å². The summed E-state index contributed by atoms with van der Waals surface area (Å²) in [5.74, 6) is -1.65. The summed E-state index contributed by atoms with van der Waals surface area (Å²) >= 11 is 0. The van der Waals surface area contributed by atoms with Crippen molar-refractivity contribution < 1.29 is 29.0 Å². The van der Waals surface area contributed by atoms with Crippen molar-refractivity contribution in [3.8, 4) is 5.75 Å². The zero-order chi connectivity index (χ0) is 21.1. The van der Waals surface area contributed by atoms with Crippen LogP contribution in [-0.4, -0.2) is 71.1 Å². The van der Waals surface area contributed by atoms with Crippen LogP contribution in [0.4, 0.5) is 0 Å². The number of carbonyl (C=O) groups excluding carboxylic acids is 2. The first-order valence-electron chi connectivity index (χ1n) is 9.97. The van der Waals surface area contributed by atoms with Crippen LogP contribution in [-0.2, 0) is 9.53 Å². The zero-order valence-electron chi connectivity index (χ0n) is 16.5. The molecule has 0 bridgehead atoms. The molecule has 1 atom stereocenters. The molecule has 0 radical (unpaired) electrons. The number of benzene rings is 1. The molecule has 1 saturated heterocycles. The molecule has 0 unspecified atom stereocenters. The summed E-state index contributed by atoms with van der Waals surface area (Å²) in [6, 6.07) is 8.65. The molecule has 2 N–H and O–H groups in total. The average Bonchev–Trinajstić information content (AvgIpc) is 3.37. The van der Waals surface area contributed by atoms with Crippen LogP contribution in [0.5, 0.6) is 5.75 Å². The Hall–Kier alpha value is -3.10.